The Balaban J connectivity index is 2.33. The molecule has 0 spiro atoms. The number of benzene rings is 2. The zero-order valence-corrected chi connectivity index (χ0v) is 17.7. The number of carbonyl (C=O) groups excluding carboxylic acids is 2. The van der Waals surface area contributed by atoms with Crippen molar-refractivity contribution >= 4 is 29.3 Å². The Hall–Kier alpha value is -2.27. The fourth-order valence-electron chi connectivity index (χ4n) is 3.07. The van der Waals surface area contributed by atoms with Gasteiger partial charge in [-0.1, -0.05) is 29.8 Å². The van der Waals surface area contributed by atoms with Crippen LogP contribution in [0.1, 0.15) is 51.3 Å². The number of nitrogens with one attached hydrogen (secondary N) is 2. The van der Waals surface area contributed by atoms with Crippen molar-refractivity contribution in [2.45, 2.75) is 40.2 Å². The maximum atomic E-state index is 12.9. The molecule has 5 heteroatoms. The van der Waals surface area contributed by atoms with Gasteiger partial charge in [-0.05, 0) is 64.1 Å². The molecule has 2 rings (SSSR count). The van der Waals surface area contributed by atoms with Crippen LogP contribution in [-0.4, -0.2) is 29.4 Å². The van der Waals surface area contributed by atoms with Crippen molar-refractivity contribution in [3.63, 3.8) is 0 Å². The van der Waals surface area contributed by atoms with Gasteiger partial charge in [0, 0.05) is 17.0 Å². The summed E-state index contributed by atoms with van der Waals surface area (Å²) >= 11 is 1.67. The second-order valence-corrected chi connectivity index (χ2v) is 8.41. The molecule has 0 fully saturated rings. The van der Waals surface area contributed by atoms with E-state index in [9.17, 15) is 9.59 Å². The molecule has 2 N–H and O–H groups in total. The van der Waals surface area contributed by atoms with Crippen molar-refractivity contribution < 1.29 is 9.59 Å². The molecule has 0 bridgehead atoms. The Bertz CT molecular complexity index is 859. The maximum Gasteiger partial charge on any atom is 0.256 e. The SMILES string of the molecule is CSCC(C)(C)NC(=O)c1c(C)cccc1C(=O)Nc1ccc(C)cc1C. The Morgan fingerprint density at radius 2 is 1.70 bits per heavy atom. The first kappa shape index (κ1) is 21.0. The third kappa shape index (κ3) is 5.36. The molecule has 0 aromatic heterocycles. The molecule has 0 radical (unpaired) electrons. The molecule has 4 nitrogen and oxygen atoms in total. The standard InChI is InChI=1S/C22H28N2O2S/c1-14-10-11-18(16(3)12-14)23-20(25)17-9-7-8-15(2)19(17)21(26)24-22(4,5)13-27-6/h7-12H,13H2,1-6H3,(H,23,25)(H,24,26). The highest BCUT2D eigenvalue weighted by Crippen LogP contribution is 2.21. The summed E-state index contributed by atoms with van der Waals surface area (Å²) < 4.78 is 0. The van der Waals surface area contributed by atoms with E-state index in [1.54, 1.807) is 23.9 Å². The maximum absolute atomic E-state index is 12.9. The van der Waals surface area contributed by atoms with Gasteiger partial charge in [-0.2, -0.15) is 11.8 Å². The van der Waals surface area contributed by atoms with Crippen LogP contribution < -0.4 is 10.6 Å². The van der Waals surface area contributed by atoms with Crippen LogP contribution in [0.5, 0.6) is 0 Å². The van der Waals surface area contributed by atoms with E-state index in [0.717, 1.165) is 28.1 Å². The topological polar surface area (TPSA) is 58.2 Å². The zero-order chi connectivity index (χ0) is 20.2. The summed E-state index contributed by atoms with van der Waals surface area (Å²) in [6.45, 7) is 9.78. The highest BCUT2D eigenvalue weighted by Gasteiger charge is 2.25. The van der Waals surface area contributed by atoms with Crippen LogP contribution in [0.15, 0.2) is 36.4 Å². The van der Waals surface area contributed by atoms with Gasteiger partial charge in [-0.3, -0.25) is 9.59 Å². The lowest BCUT2D eigenvalue weighted by molar-refractivity contribution is 0.0910. The van der Waals surface area contributed by atoms with Crippen molar-refractivity contribution in [1.29, 1.82) is 0 Å². The minimum Gasteiger partial charge on any atom is -0.346 e. The zero-order valence-electron chi connectivity index (χ0n) is 16.9. The van der Waals surface area contributed by atoms with E-state index in [2.05, 4.69) is 10.6 Å². The first-order valence-electron chi connectivity index (χ1n) is 8.94. The van der Waals surface area contributed by atoms with E-state index in [1.807, 2.05) is 65.1 Å². The van der Waals surface area contributed by atoms with Crippen LogP contribution in [0.3, 0.4) is 0 Å². The summed E-state index contributed by atoms with van der Waals surface area (Å²) in [7, 11) is 0. The van der Waals surface area contributed by atoms with E-state index in [1.165, 1.54) is 0 Å². The van der Waals surface area contributed by atoms with E-state index in [0.29, 0.717) is 11.1 Å². The minimum absolute atomic E-state index is 0.224. The van der Waals surface area contributed by atoms with E-state index >= 15 is 0 Å². The van der Waals surface area contributed by atoms with Crippen molar-refractivity contribution in [2.75, 3.05) is 17.3 Å². The largest absolute Gasteiger partial charge is 0.346 e. The number of hydrogen-bond donors (Lipinski definition) is 2. The van der Waals surface area contributed by atoms with Crippen LogP contribution in [0, 0.1) is 20.8 Å². The van der Waals surface area contributed by atoms with Gasteiger partial charge >= 0.3 is 0 Å². The van der Waals surface area contributed by atoms with Gasteiger partial charge in [0.2, 0.25) is 0 Å². The molecule has 27 heavy (non-hydrogen) atoms. The van der Waals surface area contributed by atoms with Crippen molar-refractivity contribution in [3.8, 4) is 0 Å². The Labute approximate surface area is 166 Å². The lowest BCUT2D eigenvalue weighted by Gasteiger charge is -2.26. The van der Waals surface area contributed by atoms with E-state index in [-0.39, 0.29) is 17.4 Å². The monoisotopic (exact) mass is 384 g/mol. The van der Waals surface area contributed by atoms with Crippen LogP contribution in [-0.2, 0) is 0 Å². The normalized spacial score (nSPS) is 11.2. The smallest absolute Gasteiger partial charge is 0.256 e. The molecule has 0 heterocycles. The highest BCUT2D eigenvalue weighted by molar-refractivity contribution is 7.98. The summed E-state index contributed by atoms with van der Waals surface area (Å²) in [6.07, 6.45) is 2.00. The number of anilines is 1. The fourth-order valence-corrected chi connectivity index (χ4v) is 3.86. The number of rotatable bonds is 6. The van der Waals surface area contributed by atoms with E-state index < -0.39 is 0 Å². The molecule has 0 aliphatic carbocycles. The molecular formula is C22H28N2O2S. The highest BCUT2D eigenvalue weighted by atomic mass is 32.2. The Morgan fingerprint density at radius 1 is 1.00 bits per heavy atom. The first-order chi connectivity index (χ1) is 12.6. The lowest BCUT2D eigenvalue weighted by Crippen LogP contribution is -2.46. The second kappa shape index (κ2) is 8.61. The number of thioether (sulfide) groups is 1. The molecule has 0 aliphatic heterocycles. The average molecular weight is 385 g/mol. The van der Waals surface area contributed by atoms with Gasteiger partial charge in [0.1, 0.15) is 0 Å². The number of hydrogen-bond acceptors (Lipinski definition) is 3. The van der Waals surface area contributed by atoms with Crippen LogP contribution in [0.2, 0.25) is 0 Å². The van der Waals surface area contributed by atoms with Gasteiger partial charge in [0.25, 0.3) is 11.8 Å². The number of carbonyl (C=O) groups is 2. The van der Waals surface area contributed by atoms with Gasteiger partial charge in [-0.25, -0.2) is 0 Å². The summed E-state index contributed by atoms with van der Waals surface area (Å²) in [5.41, 5.74) is 4.10. The van der Waals surface area contributed by atoms with Crippen LogP contribution in [0.4, 0.5) is 5.69 Å². The molecule has 2 aromatic rings. The quantitative estimate of drug-likeness (QED) is 0.756. The van der Waals surface area contributed by atoms with Gasteiger partial charge in [0.15, 0.2) is 0 Å². The molecule has 2 aromatic carbocycles. The Kier molecular flexibility index (Phi) is 6.71. The second-order valence-electron chi connectivity index (χ2n) is 7.54. The van der Waals surface area contributed by atoms with Crippen molar-refractivity contribution in [3.05, 3.63) is 64.2 Å². The number of aryl methyl sites for hydroxylation is 3. The summed E-state index contributed by atoms with van der Waals surface area (Å²) in [5, 5.41) is 5.99. The summed E-state index contributed by atoms with van der Waals surface area (Å²) in [5.74, 6) is 0.283. The average Bonchev–Trinajstić information content (AvgIpc) is 2.56. The Morgan fingerprint density at radius 3 is 2.33 bits per heavy atom. The molecule has 0 aliphatic rings. The van der Waals surface area contributed by atoms with Crippen molar-refractivity contribution in [1.82, 2.24) is 5.32 Å². The fraction of sp³-hybridized carbons (Fsp3) is 0.364. The molecule has 0 atom stereocenters. The van der Waals surface area contributed by atoms with Gasteiger partial charge < -0.3 is 10.6 Å². The predicted molar refractivity (Wildman–Crippen MR) is 115 cm³/mol. The van der Waals surface area contributed by atoms with Crippen LogP contribution >= 0.6 is 11.8 Å². The summed E-state index contributed by atoms with van der Waals surface area (Å²) in [4.78, 5) is 25.9. The molecule has 2 amide bonds. The molecular weight excluding hydrogens is 356 g/mol. The molecule has 0 saturated carbocycles. The number of amides is 2. The van der Waals surface area contributed by atoms with Crippen molar-refractivity contribution in [2.24, 2.45) is 0 Å². The van der Waals surface area contributed by atoms with Gasteiger partial charge in [0.05, 0.1) is 11.1 Å². The van der Waals surface area contributed by atoms with E-state index in [4.69, 9.17) is 0 Å². The predicted octanol–water partition coefficient (Wildman–Crippen LogP) is 4.74. The molecule has 144 valence electrons. The molecule has 0 unspecified atom stereocenters. The minimum atomic E-state index is -0.361. The third-order valence-electron chi connectivity index (χ3n) is 4.33. The third-order valence-corrected chi connectivity index (χ3v) is 5.34. The van der Waals surface area contributed by atoms with Gasteiger partial charge in [-0.15, -0.1) is 0 Å². The van der Waals surface area contributed by atoms with Crippen LogP contribution in [0.25, 0.3) is 0 Å². The first-order valence-corrected chi connectivity index (χ1v) is 10.3. The molecule has 0 saturated heterocycles. The summed E-state index contributed by atoms with van der Waals surface area (Å²) in [6, 6.07) is 11.2. The lowest BCUT2D eigenvalue weighted by atomic mass is 9.98.